The van der Waals surface area contributed by atoms with Crippen LogP contribution in [0.3, 0.4) is 0 Å². The number of benzene rings is 1. The van der Waals surface area contributed by atoms with Gasteiger partial charge in [0, 0.05) is 18.6 Å². The second kappa shape index (κ2) is 7.34. The monoisotopic (exact) mass is 451 g/mol. The molecule has 0 atom stereocenters. The molecule has 0 radical (unpaired) electrons. The van der Waals surface area contributed by atoms with E-state index in [2.05, 4.69) is 24.9 Å². The lowest BCUT2D eigenvalue weighted by Crippen LogP contribution is -2.17. The Kier molecular flexibility index (Phi) is 4.92. The van der Waals surface area contributed by atoms with Gasteiger partial charge in [-0.1, -0.05) is 19.1 Å². The van der Waals surface area contributed by atoms with Gasteiger partial charge in [-0.3, -0.25) is 9.40 Å². The van der Waals surface area contributed by atoms with Gasteiger partial charge in [-0.05, 0) is 12.0 Å². The first kappa shape index (κ1) is 20.8. The molecule has 0 saturated heterocycles. The smallest absolute Gasteiger partial charge is 0.276 e. The first-order chi connectivity index (χ1) is 14.6. The molecule has 0 fully saturated rings. The van der Waals surface area contributed by atoms with Crippen molar-refractivity contribution in [3.8, 4) is 5.95 Å². The Morgan fingerprint density at radius 3 is 2.39 bits per heavy atom. The predicted octanol–water partition coefficient (Wildman–Crippen LogP) is 2.93. The highest BCUT2D eigenvalue weighted by Crippen LogP contribution is 2.30. The molecular formula is C18H16F3N7O2S. The molecule has 1 aromatic carbocycles. The topological polar surface area (TPSA) is 108 Å². The largest absolute Gasteiger partial charge is 0.419 e. The molecule has 4 rings (SSSR count). The van der Waals surface area contributed by atoms with Gasteiger partial charge < -0.3 is 0 Å². The van der Waals surface area contributed by atoms with Crippen LogP contribution in [-0.4, -0.2) is 37.9 Å². The molecule has 3 aromatic heterocycles. The lowest BCUT2D eigenvalue weighted by molar-refractivity contribution is -0.137. The zero-order chi connectivity index (χ0) is 22.4. The number of alkyl halides is 3. The Hall–Kier alpha value is -3.48. The summed E-state index contributed by atoms with van der Waals surface area (Å²) in [7, 11) is -2.38. The van der Waals surface area contributed by atoms with Crippen LogP contribution in [0.25, 0.3) is 16.9 Å². The third-order valence-electron chi connectivity index (χ3n) is 4.59. The Balaban J connectivity index is 1.66. The van der Waals surface area contributed by atoms with Crippen LogP contribution in [0.5, 0.6) is 0 Å². The van der Waals surface area contributed by atoms with Gasteiger partial charge in [-0.25, -0.2) is 23.1 Å². The molecular weight excluding hydrogens is 435 g/mol. The minimum absolute atomic E-state index is 0.0492. The number of hydrogen-bond acceptors (Lipinski definition) is 6. The Bertz CT molecular complexity index is 1360. The van der Waals surface area contributed by atoms with Gasteiger partial charge in [0.1, 0.15) is 4.90 Å². The van der Waals surface area contributed by atoms with Gasteiger partial charge in [0.25, 0.3) is 16.0 Å². The van der Waals surface area contributed by atoms with Crippen molar-refractivity contribution in [3.05, 3.63) is 54.2 Å². The standard InChI is InChI=1S/C18H16F3N7O2S/c1-3-11-4-5-12-6-24-27(2)15(12)16(11)31(29,30)26-14-8-22-17(23-9-14)28-10-13(7-25-28)18(19,20)21/h4-10,26H,3H2,1-2H3. The first-order valence-corrected chi connectivity index (χ1v) is 10.5. The number of aryl methyl sites for hydroxylation is 2. The average molecular weight is 451 g/mol. The Morgan fingerprint density at radius 2 is 1.77 bits per heavy atom. The number of fused-ring (bicyclic) bond motifs is 1. The number of anilines is 1. The summed E-state index contributed by atoms with van der Waals surface area (Å²) in [6.07, 6.45) is 1.22. The zero-order valence-corrected chi connectivity index (χ0v) is 17.1. The summed E-state index contributed by atoms with van der Waals surface area (Å²) >= 11 is 0. The van der Waals surface area contributed by atoms with Crippen molar-refractivity contribution in [3.63, 3.8) is 0 Å². The quantitative estimate of drug-likeness (QED) is 0.500. The van der Waals surface area contributed by atoms with E-state index in [1.165, 1.54) is 4.68 Å². The second-order valence-electron chi connectivity index (χ2n) is 6.66. The lowest BCUT2D eigenvalue weighted by Gasteiger charge is -2.13. The van der Waals surface area contributed by atoms with E-state index in [1.807, 2.05) is 6.92 Å². The van der Waals surface area contributed by atoms with E-state index < -0.39 is 21.8 Å². The van der Waals surface area contributed by atoms with Crippen LogP contribution in [0.2, 0.25) is 0 Å². The van der Waals surface area contributed by atoms with E-state index in [0.29, 0.717) is 29.1 Å². The van der Waals surface area contributed by atoms with Gasteiger partial charge in [0.2, 0.25) is 0 Å². The number of sulfonamides is 1. The molecule has 0 aliphatic rings. The summed E-state index contributed by atoms with van der Waals surface area (Å²) in [4.78, 5) is 7.92. The van der Waals surface area contributed by atoms with E-state index in [1.54, 1.807) is 25.4 Å². The predicted molar refractivity (Wildman–Crippen MR) is 105 cm³/mol. The van der Waals surface area contributed by atoms with E-state index >= 15 is 0 Å². The number of halogens is 3. The molecule has 0 aliphatic carbocycles. The van der Waals surface area contributed by atoms with Crippen LogP contribution in [0.1, 0.15) is 18.1 Å². The summed E-state index contributed by atoms with van der Waals surface area (Å²) in [6, 6.07) is 3.53. The molecule has 9 nitrogen and oxygen atoms in total. The summed E-state index contributed by atoms with van der Waals surface area (Å²) < 4.78 is 69.3. The maximum absolute atomic E-state index is 13.2. The van der Waals surface area contributed by atoms with E-state index in [4.69, 9.17) is 0 Å². The van der Waals surface area contributed by atoms with Crippen LogP contribution in [0.15, 0.2) is 48.0 Å². The molecule has 3 heterocycles. The highest BCUT2D eigenvalue weighted by Gasteiger charge is 2.32. The molecule has 0 unspecified atom stereocenters. The van der Waals surface area contributed by atoms with Gasteiger partial charge >= 0.3 is 6.18 Å². The lowest BCUT2D eigenvalue weighted by atomic mass is 10.1. The zero-order valence-electron chi connectivity index (χ0n) is 16.3. The highest BCUT2D eigenvalue weighted by atomic mass is 32.2. The normalized spacial score (nSPS) is 12.4. The maximum Gasteiger partial charge on any atom is 0.419 e. The van der Waals surface area contributed by atoms with Crippen molar-refractivity contribution in [2.45, 2.75) is 24.4 Å². The fraction of sp³-hybridized carbons (Fsp3) is 0.222. The van der Waals surface area contributed by atoms with Crippen molar-refractivity contribution < 1.29 is 21.6 Å². The van der Waals surface area contributed by atoms with Crippen LogP contribution >= 0.6 is 0 Å². The van der Waals surface area contributed by atoms with Crippen LogP contribution in [-0.2, 0) is 29.7 Å². The summed E-state index contributed by atoms with van der Waals surface area (Å²) in [5.41, 5.74) is 0.170. The molecule has 162 valence electrons. The molecule has 0 saturated carbocycles. The van der Waals surface area contributed by atoms with Gasteiger partial charge in [-0.2, -0.15) is 23.4 Å². The summed E-state index contributed by atoms with van der Waals surface area (Å²) in [5.74, 6) is -0.138. The van der Waals surface area contributed by atoms with Crippen molar-refractivity contribution in [1.82, 2.24) is 29.5 Å². The summed E-state index contributed by atoms with van der Waals surface area (Å²) in [6.45, 7) is 1.84. The van der Waals surface area contributed by atoms with E-state index in [0.717, 1.165) is 23.3 Å². The number of nitrogens with zero attached hydrogens (tertiary/aromatic N) is 6. The molecule has 13 heteroatoms. The van der Waals surface area contributed by atoms with Gasteiger partial charge in [0.15, 0.2) is 0 Å². The van der Waals surface area contributed by atoms with Gasteiger partial charge in [-0.15, -0.1) is 0 Å². The van der Waals surface area contributed by atoms with Crippen LogP contribution in [0.4, 0.5) is 18.9 Å². The highest BCUT2D eigenvalue weighted by molar-refractivity contribution is 7.93. The second-order valence-corrected chi connectivity index (χ2v) is 8.28. The molecule has 31 heavy (non-hydrogen) atoms. The van der Waals surface area contributed by atoms with E-state index in [9.17, 15) is 21.6 Å². The molecule has 0 aliphatic heterocycles. The minimum Gasteiger partial charge on any atom is -0.276 e. The fourth-order valence-electron chi connectivity index (χ4n) is 3.13. The Labute approximate surface area is 174 Å². The van der Waals surface area contributed by atoms with Crippen molar-refractivity contribution in [2.24, 2.45) is 7.05 Å². The van der Waals surface area contributed by atoms with Crippen molar-refractivity contribution >= 4 is 26.6 Å². The first-order valence-electron chi connectivity index (χ1n) is 9.01. The number of nitrogens with one attached hydrogen (secondary N) is 1. The SMILES string of the molecule is CCc1ccc2cnn(C)c2c1S(=O)(=O)Nc1cnc(-n2cc(C(F)(F)F)cn2)nc1. The van der Waals surface area contributed by atoms with Crippen LogP contribution < -0.4 is 4.72 Å². The van der Waals surface area contributed by atoms with Crippen LogP contribution in [0, 0.1) is 0 Å². The maximum atomic E-state index is 13.2. The fourth-order valence-corrected chi connectivity index (χ4v) is 4.71. The molecule has 0 bridgehead atoms. The molecule has 4 aromatic rings. The minimum atomic E-state index is -4.54. The number of aromatic nitrogens is 6. The number of hydrogen-bond donors (Lipinski definition) is 1. The number of rotatable bonds is 5. The molecule has 1 N–H and O–H groups in total. The average Bonchev–Trinajstić information content (AvgIpc) is 3.35. The summed E-state index contributed by atoms with van der Waals surface area (Å²) in [5, 5.41) is 8.39. The van der Waals surface area contributed by atoms with E-state index in [-0.39, 0.29) is 16.5 Å². The van der Waals surface area contributed by atoms with Crippen molar-refractivity contribution in [2.75, 3.05) is 4.72 Å². The van der Waals surface area contributed by atoms with Gasteiger partial charge in [0.05, 0.1) is 41.6 Å². The molecule has 0 spiro atoms. The molecule has 0 amide bonds. The third-order valence-corrected chi connectivity index (χ3v) is 6.09. The Morgan fingerprint density at radius 1 is 1.06 bits per heavy atom. The third kappa shape index (κ3) is 3.83. The van der Waals surface area contributed by atoms with Crippen molar-refractivity contribution in [1.29, 1.82) is 0 Å².